The lowest BCUT2D eigenvalue weighted by Gasteiger charge is -2.00. The summed E-state index contributed by atoms with van der Waals surface area (Å²) in [6.07, 6.45) is 5.04. The van der Waals surface area contributed by atoms with Gasteiger partial charge in [-0.1, -0.05) is 61.9 Å². The smallest absolute Gasteiger partial charge is 0.0793 e. The van der Waals surface area contributed by atoms with Crippen LogP contribution in [0, 0.1) is 11.8 Å². The fraction of sp³-hybridized carbons (Fsp3) is 0.200. The molecule has 0 radical (unpaired) electrons. The van der Waals surface area contributed by atoms with E-state index in [1.54, 1.807) is 0 Å². The summed E-state index contributed by atoms with van der Waals surface area (Å²) in [5.74, 6) is 6.74. The molecular weight excluding hydrogens is 396 g/mol. The topological polar surface area (TPSA) is 0 Å². The third-order valence-corrected chi connectivity index (χ3v) is 8.83. The van der Waals surface area contributed by atoms with Gasteiger partial charge in [-0.2, -0.15) is 0 Å². The fourth-order valence-corrected chi connectivity index (χ4v) is 7.52. The van der Waals surface area contributed by atoms with Crippen molar-refractivity contribution in [2.45, 2.75) is 32.6 Å². The Morgan fingerprint density at radius 1 is 0.750 bits per heavy atom. The SMILES string of the molecule is CCCCCc1ccc(C#Cc2cc3sc4c5ccccc5sc4c3s2)cc1. The highest BCUT2D eigenvalue weighted by molar-refractivity contribution is 7.41. The Morgan fingerprint density at radius 2 is 1.57 bits per heavy atom. The number of hydrogen-bond acceptors (Lipinski definition) is 3. The predicted molar refractivity (Wildman–Crippen MR) is 128 cm³/mol. The molecule has 0 atom stereocenters. The van der Waals surface area contributed by atoms with Gasteiger partial charge in [0.15, 0.2) is 0 Å². The normalized spacial score (nSPS) is 11.3. The lowest BCUT2D eigenvalue weighted by atomic mass is 10.1. The monoisotopic (exact) mass is 416 g/mol. The van der Waals surface area contributed by atoms with Gasteiger partial charge in [-0.25, -0.2) is 0 Å². The average molecular weight is 417 g/mol. The Hall–Kier alpha value is -2.12. The van der Waals surface area contributed by atoms with E-state index in [0.29, 0.717) is 0 Å². The van der Waals surface area contributed by atoms with Crippen LogP contribution in [0.2, 0.25) is 0 Å². The number of thiophene rings is 3. The zero-order valence-corrected chi connectivity index (χ0v) is 18.2. The molecule has 0 saturated heterocycles. The van der Waals surface area contributed by atoms with Crippen LogP contribution in [0.15, 0.2) is 54.6 Å². The van der Waals surface area contributed by atoms with Gasteiger partial charge in [-0.05, 0) is 42.7 Å². The van der Waals surface area contributed by atoms with Crippen LogP contribution in [0.1, 0.15) is 42.2 Å². The second kappa shape index (κ2) is 7.72. The lowest BCUT2D eigenvalue weighted by molar-refractivity contribution is 0.717. The number of unbranched alkanes of at least 4 members (excludes halogenated alkanes) is 2. The van der Waals surface area contributed by atoms with Crippen molar-refractivity contribution in [3.63, 3.8) is 0 Å². The minimum atomic E-state index is 1.10. The van der Waals surface area contributed by atoms with E-state index in [0.717, 1.165) is 10.4 Å². The van der Waals surface area contributed by atoms with Crippen LogP contribution < -0.4 is 0 Å². The summed E-state index contributed by atoms with van der Waals surface area (Å²) < 4.78 is 7.01. The van der Waals surface area contributed by atoms with Gasteiger partial charge in [-0.15, -0.1) is 34.0 Å². The minimum absolute atomic E-state index is 1.10. The third kappa shape index (κ3) is 3.37. The number of hydrogen-bond donors (Lipinski definition) is 0. The van der Waals surface area contributed by atoms with E-state index in [-0.39, 0.29) is 0 Å². The quantitative estimate of drug-likeness (QED) is 0.204. The van der Waals surface area contributed by atoms with E-state index in [9.17, 15) is 0 Å². The van der Waals surface area contributed by atoms with Crippen molar-refractivity contribution < 1.29 is 0 Å². The van der Waals surface area contributed by atoms with Gasteiger partial charge in [0.1, 0.15) is 0 Å². The lowest BCUT2D eigenvalue weighted by Crippen LogP contribution is -1.85. The van der Waals surface area contributed by atoms with Crippen LogP contribution in [-0.4, -0.2) is 0 Å². The molecule has 5 rings (SSSR count). The maximum absolute atomic E-state index is 3.39. The van der Waals surface area contributed by atoms with Crippen LogP contribution in [0.25, 0.3) is 28.9 Å². The maximum Gasteiger partial charge on any atom is 0.0793 e. The highest BCUT2D eigenvalue weighted by Crippen LogP contribution is 2.46. The maximum atomic E-state index is 3.39. The van der Waals surface area contributed by atoms with Gasteiger partial charge in [0.2, 0.25) is 0 Å². The molecule has 3 heterocycles. The number of fused-ring (bicyclic) bond motifs is 5. The van der Waals surface area contributed by atoms with Crippen molar-refractivity contribution in [3.05, 3.63) is 70.6 Å². The predicted octanol–water partition coefficient (Wildman–Crippen LogP) is 8.46. The molecule has 0 fully saturated rings. The van der Waals surface area contributed by atoms with Gasteiger partial charge < -0.3 is 0 Å². The van der Waals surface area contributed by atoms with E-state index in [1.165, 1.54) is 60.1 Å². The molecule has 3 heteroatoms. The summed E-state index contributed by atoms with van der Waals surface area (Å²) in [5, 5.41) is 1.39. The molecule has 0 N–H and O–H groups in total. The first kappa shape index (κ1) is 17.9. The van der Waals surface area contributed by atoms with Crippen LogP contribution in [-0.2, 0) is 6.42 Å². The van der Waals surface area contributed by atoms with E-state index >= 15 is 0 Å². The molecule has 138 valence electrons. The molecule has 0 saturated carbocycles. The Balaban J connectivity index is 1.41. The minimum Gasteiger partial charge on any atom is -0.133 e. The molecule has 0 unspecified atom stereocenters. The van der Waals surface area contributed by atoms with E-state index < -0.39 is 0 Å². The van der Waals surface area contributed by atoms with Crippen molar-refractivity contribution in [3.8, 4) is 11.8 Å². The molecule has 0 bridgehead atoms. The number of aryl methyl sites for hydroxylation is 1. The van der Waals surface area contributed by atoms with Crippen LogP contribution in [0.4, 0.5) is 0 Å². The summed E-state index contributed by atoms with van der Waals surface area (Å²) in [5.41, 5.74) is 2.52. The Bertz CT molecular complexity index is 1320. The van der Waals surface area contributed by atoms with Gasteiger partial charge >= 0.3 is 0 Å². The van der Waals surface area contributed by atoms with Gasteiger partial charge in [0.05, 0.1) is 19.0 Å². The molecule has 0 aliphatic heterocycles. The molecule has 5 aromatic rings. The molecule has 0 amide bonds. The van der Waals surface area contributed by atoms with E-state index in [2.05, 4.69) is 73.4 Å². The second-order valence-corrected chi connectivity index (χ2v) is 10.2. The van der Waals surface area contributed by atoms with Crippen molar-refractivity contribution in [2.75, 3.05) is 0 Å². The first-order valence-electron chi connectivity index (χ1n) is 9.76. The molecule has 28 heavy (non-hydrogen) atoms. The first-order valence-corrected chi connectivity index (χ1v) is 12.2. The Labute approximate surface area is 177 Å². The zero-order valence-electron chi connectivity index (χ0n) is 15.7. The highest BCUT2D eigenvalue weighted by atomic mass is 32.1. The summed E-state index contributed by atoms with van der Waals surface area (Å²) in [4.78, 5) is 1.16. The summed E-state index contributed by atoms with van der Waals surface area (Å²) >= 11 is 5.64. The average Bonchev–Trinajstić information content (AvgIpc) is 3.37. The van der Waals surface area contributed by atoms with Gasteiger partial charge in [0.25, 0.3) is 0 Å². The largest absolute Gasteiger partial charge is 0.133 e. The van der Waals surface area contributed by atoms with Crippen molar-refractivity contribution in [2.24, 2.45) is 0 Å². The Morgan fingerprint density at radius 3 is 2.43 bits per heavy atom. The van der Waals surface area contributed by atoms with Crippen LogP contribution >= 0.6 is 34.0 Å². The Kier molecular flexibility index (Phi) is 4.94. The third-order valence-electron chi connectivity index (χ3n) is 5.02. The molecule has 2 aromatic carbocycles. The fourth-order valence-electron chi connectivity index (χ4n) is 3.52. The zero-order chi connectivity index (χ0) is 18.9. The molecule has 0 spiro atoms. The van der Waals surface area contributed by atoms with Crippen molar-refractivity contribution in [1.29, 1.82) is 0 Å². The summed E-state index contributed by atoms with van der Waals surface area (Å²) in [6, 6.07) is 19.8. The summed E-state index contributed by atoms with van der Waals surface area (Å²) in [6.45, 7) is 2.25. The standard InChI is InChI=1S/C25H20S3/c1-2-3-4-7-17-10-12-18(13-11-17)14-15-19-16-22-24(26-19)25-23(28-22)20-8-5-6-9-21(20)27-25/h5-6,8-13,16H,2-4,7H2,1H3. The van der Waals surface area contributed by atoms with E-state index in [1.807, 2.05) is 34.0 Å². The molecule has 0 aliphatic rings. The molecule has 0 nitrogen and oxygen atoms in total. The number of benzene rings is 2. The van der Waals surface area contributed by atoms with Crippen molar-refractivity contribution >= 4 is 62.9 Å². The van der Waals surface area contributed by atoms with Gasteiger partial charge in [-0.3, -0.25) is 0 Å². The molecular formula is C25H20S3. The van der Waals surface area contributed by atoms with Crippen LogP contribution in [0.3, 0.4) is 0 Å². The second-order valence-electron chi connectivity index (χ2n) is 7.07. The first-order chi connectivity index (χ1) is 13.8. The molecule has 0 aliphatic carbocycles. The number of rotatable bonds is 4. The molecule has 3 aromatic heterocycles. The highest BCUT2D eigenvalue weighted by Gasteiger charge is 2.13. The van der Waals surface area contributed by atoms with Gasteiger partial charge in [0, 0.05) is 20.3 Å². The summed E-state index contributed by atoms with van der Waals surface area (Å²) in [7, 11) is 0. The van der Waals surface area contributed by atoms with Crippen LogP contribution in [0.5, 0.6) is 0 Å². The van der Waals surface area contributed by atoms with Crippen molar-refractivity contribution in [1.82, 2.24) is 0 Å². The van der Waals surface area contributed by atoms with E-state index in [4.69, 9.17) is 0 Å².